The van der Waals surface area contributed by atoms with Gasteiger partial charge in [-0.15, -0.1) is 11.3 Å². The van der Waals surface area contributed by atoms with Gasteiger partial charge in [0, 0.05) is 16.1 Å². The Morgan fingerprint density at radius 2 is 2.03 bits per heavy atom. The number of carbonyl (C=O) groups is 3. The normalized spacial score (nSPS) is 16.1. The molecule has 0 fully saturated rings. The van der Waals surface area contributed by atoms with Gasteiger partial charge in [0.25, 0.3) is 11.8 Å². The molecule has 0 saturated heterocycles. The number of nitriles is 1. The van der Waals surface area contributed by atoms with Gasteiger partial charge < -0.3 is 15.4 Å². The standard InChI is InChI=1S/C22H19N3O4S/c1-2-29-22(28)18-13-8-4-6-10-16(13)30-21(18)25-19(26)14(11-23)17-12-7-3-5-9-15(12)24-20(17)27/h3,5,7,9H,2,4,6,8,10H2,1H3,(H,24,27)(H,25,26)/b17-14+. The summed E-state index contributed by atoms with van der Waals surface area (Å²) < 4.78 is 5.20. The van der Waals surface area contributed by atoms with Gasteiger partial charge in [-0.2, -0.15) is 5.26 Å². The van der Waals surface area contributed by atoms with Crippen LogP contribution >= 0.6 is 11.3 Å². The van der Waals surface area contributed by atoms with E-state index in [2.05, 4.69) is 10.6 Å². The first-order valence-corrected chi connectivity index (χ1v) is 10.5. The summed E-state index contributed by atoms with van der Waals surface area (Å²) in [6, 6.07) is 8.75. The van der Waals surface area contributed by atoms with E-state index in [-0.39, 0.29) is 17.8 Å². The van der Waals surface area contributed by atoms with Crippen molar-refractivity contribution in [1.29, 1.82) is 5.26 Å². The molecule has 1 aliphatic carbocycles. The molecular formula is C22H19N3O4S. The third-order valence-corrected chi connectivity index (χ3v) is 6.35. The molecule has 7 nitrogen and oxygen atoms in total. The van der Waals surface area contributed by atoms with Crippen molar-refractivity contribution in [3.63, 3.8) is 0 Å². The van der Waals surface area contributed by atoms with Crippen molar-refractivity contribution in [3.05, 3.63) is 51.4 Å². The molecule has 1 aromatic heterocycles. The van der Waals surface area contributed by atoms with Gasteiger partial charge in [-0.25, -0.2) is 4.79 Å². The number of carbonyl (C=O) groups excluding carboxylic acids is 3. The number of thiophene rings is 1. The summed E-state index contributed by atoms with van der Waals surface area (Å²) >= 11 is 1.34. The lowest BCUT2D eigenvalue weighted by Gasteiger charge is -2.12. The SMILES string of the molecule is CCOC(=O)c1c(NC(=O)/C(C#N)=C2/C(=O)Nc3ccccc32)sc2c1CCCC2. The third kappa shape index (κ3) is 3.37. The van der Waals surface area contributed by atoms with E-state index >= 15 is 0 Å². The predicted octanol–water partition coefficient (Wildman–Crippen LogP) is 3.67. The van der Waals surface area contributed by atoms with Crippen LogP contribution in [0.4, 0.5) is 10.7 Å². The van der Waals surface area contributed by atoms with E-state index in [1.807, 2.05) is 6.07 Å². The number of aryl methyl sites for hydroxylation is 1. The molecule has 0 spiro atoms. The fourth-order valence-corrected chi connectivity index (χ4v) is 5.10. The van der Waals surface area contributed by atoms with Crippen molar-refractivity contribution in [2.24, 2.45) is 0 Å². The number of nitrogens with one attached hydrogen (secondary N) is 2. The molecular weight excluding hydrogens is 402 g/mol. The molecule has 0 unspecified atom stereocenters. The summed E-state index contributed by atoms with van der Waals surface area (Å²) in [5, 5.41) is 15.4. The molecule has 2 aromatic rings. The Labute approximate surface area is 177 Å². The number of fused-ring (bicyclic) bond motifs is 2. The smallest absolute Gasteiger partial charge is 0.341 e. The summed E-state index contributed by atoms with van der Waals surface area (Å²) in [5.41, 5.74) is 2.07. The molecule has 2 N–H and O–H groups in total. The number of para-hydroxylation sites is 1. The van der Waals surface area contributed by atoms with E-state index in [1.165, 1.54) is 11.3 Å². The van der Waals surface area contributed by atoms with Crippen LogP contribution in [-0.4, -0.2) is 24.4 Å². The molecule has 2 heterocycles. The van der Waals surface area contributed by atoms with E-state index in [4.69, 9.17) is 4.74 Å². The monoisotopic (exact) mass is 421 g/mol. The maximum Gasteiger partial charge on any atom is 0.341 e. The summed E-state index contributed by atoms with van der Waals surface area (Å²) in [5.74, 6) is -1.70. The molecule has 2 amide bonds. The molecule has 0 saturated carbocycles. The van der Waals surface area contributed by atoms with Crippen LogP contribution < -0.4 is 10.6 Å². The summed E-state index contributed by atoms with van der Waals surface area (Å²) in [4.78, 5) is 39.1. The summed E-state index contributed by atoms with van der Waals surface area (Å²) in [7, 11) is 0. The van der Waals surface area contributed by atoms with Crippen LogP contribution in [0, 0.1) is 11.3 Å². The van der Waals surface area contributed by atoms with Crippen molar-refractivity contribution < 1.29 is 19.1 Å². The topological polar surface area (TPSA) is 108 Å². The minimum absolute atomic E-state index is 0.0320. The van der Waals surface area contributed by atoms with Crippen molar-refractivity contribution in [1.82, 2.24) is 0 Å². The van der Waals surface area contributed by atoms with Crippen LogP contribution in [0.1, 0.15) is 46.1 Å². The highest BCUT2D eigenvalue weighted by Crippen LogP contribution is 2.39. The molecule has 0 atom stereocenters. The fraction of sp³-hybridized carbons (Fsp3) is 0.273. The first-order chi connectivity index (χ1) is 14.5. The number of hydrogen-bond donors (Lipinski definition) is 2. The van der Waals surface area contributed by atoms with Gasteiger partial charge in [0.15, 0.2) is 0 Å². The second-order valence-corrected chi connectivity index (χ2v) is 8.06. The van der Waals surface area contributed by atoms with Gasteiger partial charge in [0.05, 0.1) is 17.7 Å². The minimum Gasteiger partial charge on any atom is -0.462 e. The number of esters is 1. The maximum absolute atomic E-state index is 13.0. The van der Waals surface area contributed by atoms with E-state index in [0.29, 0.717) is 21.8 Å². The van der Waals surface area contributed by atoms with Crippen LogP contribution in [0.3, 0.4) is 0 Å². The first-order valence-electron chi connectivity index (χ1n) is 9.73. The van der Waals surface area contributed by atoms with Crippen LogP contribution in [0.5, 0.6) is 0 Å². The molecule has 1 aliphatic heterocycles. The minimum atomic E-state index is -0.719. The van der Waals surface area contributed by atoms with Crippen LogP contribution in [0.25, 0.3) is 5.57 Å². The van der Waals surface area contributed by atoms with Crippen LogP contribution in [0.15, 0.2) is 29.8 Å². The van der Waals surface area contributed by atoms with E-state index in [0.717, 1.165) is 36.1 Å². The van der Waals surface area contributed by atoms with Gasteiger partial charge >= 0.3 is 5.97 Å². The predicted molar refractivity (Wildman–Crippen MR) is 113 cm³/mol. The first kappa shape index (κ1) is 19.9. The van der Waals surface area contributed by atoms with Crippen molar-refractivity contribution in [3.8, 4) is 6.07 Å². The van der Waals surface area contributed by atoms with E-state index in [1.54, 1.807) is 31.2 Å². The van der Waals surface area contributed by atoms with Crippen molar-refractivity contribution in [2.75, 3.05) is 17.2 Å². The molecule has 30 heavy (non-hydrogen) atoms. The number of ether oxygens (including phenoxy) is 1. The number of benzene rings is 1. The molecule has 0 bridgehead atoms. The highest BCUT2D eigenvalue weighted by molar-refractivity contribution is 7.17. The van der Waals surface area contributed by atoms with E-state index < -0.39 is 17.8 Å². The molecule has 8 heteroatoms. The Morgan fingerprint density at radius 1 is 1.27 bits per heavy atom. The molecule has 4 rings (SSSR count). The number of nitrogens with zero attached hydrogens (tertiary/aromatic N) is 1. The third-order valence-electron chi connectivity index (χ3n) is 5.14. The molecule has 1 aromatic carbocycles. The number of amides is 2. The Balaban J connectivity index is 1.74. The average Bonchev–Trinajstić information content (AvgIpc) is 3.26. The zero-order valence-electron chi connectivity index (χ0n) is 16.3. The summed E-state index contributed by atoms with van der Waals surface area (Å²) in [6.45, 7) is 1.95. The highest BCUT2D eigenvalue weighted by Gasteiger charge is 2.32. The number of anilines is 2. The number of hydrogen-bond acceptors (Lipinski definition) is 6. The van der Waals surface area contributed by atoms with Gasteiger partial charge in [-0.3, -0.25) is 9.59 Å². The lowest BCUT2D eigenvalue weighted by molar-refractivity contribution is -0.113. The zero-order chi connectivity index (χ0) is 21.3. The summed E-state index contributed by atoms with van der Waals surface area (Å²) in [6.07, 6.45) is 3.57. The van der Waals surface area contributed by atoms with Crippen LogP contribution in [-0.2, 0) is 27.2 Å². The average molecular weight is 421 g/mol. The van der Waals surface area contributed by atoms with Crippen molar-refractivity contribution >= 4 is 45.4 Å². The van der Waals surface area contributed by atoms with Gasteiger partial charge in [-0.1, -0.05) is 18.2 Å². The molecule has 2 aliphatic rings. The Morgan fingerprint density at radius 3 is 2.80 bits per heavy atom. The van der Waals surface area contributed by atoms with Crippen molar-refractivity contribution in [2.45, 2.75) is 32.6 Å². The van der Waals surface area contributed by atoms with Gasteiger partial charge in [0.2, 0.25) is 0 Å². The second-order valence-electron chi connectivity index (χ2n) is 6.95. The Hall–Kier alpha value is -3.44. The molecule has 152 valence electrons. The lowest BCUT2D eigenvalue weighted by Crippen LogP contribution is -2.19. The highest BCUT2D eigenvalue weighted by atomic mass is 32.1. The Kier molecular flexibility index (Phi) is 5.38. The Bertz CT molecular complexity index is 1140. The lowest BCUT2D eigenvalue weighted by atomic mass is 9.95. The van der Waals surface area contributed by atoms with Crippen LogP contribution in [0.2, 0.25) is 0 Å². The maximum atomic E-state index is 13.0. The largest absolute Gasteiger partial charge is 0.462 e. The molecule has 0 radical (unpaired) electrons. The quantitative estimate of drug-likeness (QED) is 0.445. The second kappa shape index (κ2) is 8.13. The van der Waals surface area contributed by atoms with Gasteiger partial charge in [-0.05, 0) is 44.2 Å². The van der Waals surface area contributed by atoms with E-state index in [9.17, 15) is 19.6 Å². The fourth-order valence-electron chi connectivity index (χ4n) is 3.82. The number of rotatable bonds is 4. The zero-order valence-corrected chi connectivity index (χ0v) is 17.1. The van der Waals surface area contributed by atoms with Gasteiger partial charge in [0.1, 0.15) is 16.6 Å².